The number of aromatic nitrogens is 4. The number of hydrogen-bond donors (Lipinski definition) is 1. The van der Waals surface area contributed by atoms with Crippen molar-refractivity contribution in [3.05, 3.63) is 59.4 Å². The van der Waals surface area contributed by atoms with Crippen LogP contribution >= 0.6 is 0 Å². The molecule has 1 aliphatic carbocycles. The van der Waals surface area contributed by atoms with Gasteiger partial charge in [-0.3, -0.25) is 0 Å². The van der Waals surface area contributed by atoms with E-state index >= 15 is 0 Å². The highest BCUT2D eigenvalue weighted by Gasteiger charge is 2.19. The Balaban J connectivity index is 1.82. The highest BCUT2D eigenvalue weighted by atomic mass is 15.5. The minimum Gasteiger partial charge on any atom is -0.321 e. The van der Waals surface area contributed by atoms with Crippen LogP contribution in [0.3, 0.4) is 0 Å². The molecule has 1 heterocycles. The fourth-order valence-electron chi connectivity index (χ4n) is 2.93. The van der Waals surface area contributed by atoms with Crippen LogP contribution in [0.5, 0.6) is 0 Å². The van der Waals surface area contributed by atoms with Gasteiger partial charge in [0, 0.05) is 0 Å². The maximum atomic E-state index is 5.91. The van der Waals surface area contributed by atoms with Crippen LogP contribution in [0.2, 0.25) is 0 Å². The van der Waals surface area contributed by atoms with Gasteiger partial charge < -0.3 is 5.73 Å². The lowest BCUT2D eigenvalue weighted by molar-refractivity contribution is 0.688. The first kappa shape index (κ1) is 12.2. The van der Waals surface area contributed by atoms with Crippen LogP contribution in [0.1, 0.15) is 29.9 Å². The molecule has 0 aliphatic heterocycles. The molecule has 4 rings (SSSR count). The van der Waals surface area contributed by atoms with Crippen molar-refractivity contribution in [1.82, 2.24) is 20.2 Å². The molecule has 104 valence electrons. The molecule has 5 heteroatoms. The maximum Gasteiger partial charge on any atom is 0.173 e. The lowest BCUT2D eigenvalue weighted by Crippen LogP contribution is -2.13. The Morgan fingerprint density at radius 1 is 1.10 bits per heavy atom. The predicted molar refractivity (Wildman–Crippen MR) is 80.0 cm³/mol. The average molecular weight is 277 g/mol. The first-order valence-electron chi connectivity index (χ1n) is 6.99. The molecule has 2 N–H and O–H groups in total. The fourth-order valence-corrected chi connectivity index (χ4v) is 2.93. The van der Waals surface area contributed by atoms with E-state index in [1.54, 1.807) is 4.68 Å². The molecule has 1 aromatic heterocycles. The van der Waals surface area contributed by atoms with Gasteiger partial charge in [0.2, 0.25) is 0 Å². The molecule has 0 saturated carbocycles. The number of rotatable bonds is 2. The second-order valence-corrected chi connectivity index (χ2v) is 5.41. The Labute approximate surface area is 122 Å². The standard InChI is InChI=1S/C16H15N5/c1-10(17)16-18-19-20-21(16)13-6-7-15-12(9-13)8-11-4-2-3-5-14(11)15/h2-7,9-10H,8,17H2,1H3. The van der Waals surface area contributed by atoms with Gasteiger partial charge in [-0.1, -0.05) is 30.3 Å². The zero-order valence-electron chi connectivity index (χ0n) is 11.7. The Kier molecular flexibility index (Phi) is 2.62. The van der Waals surface area contributed by atoms with E-state index in [0.717, 1.165) is 12.1 Å². The number of hydrogen-bond acceptors (Lipinski definition) is 4. The zero-order chi connectivity index (χ0) is 14.4. The predicted octanol–water partition coefficient (Wildman–Crippen LogP) is 2.25. The van der Waals surface area contributed by atoms with Crippen molar-refractivity contribution >= 4 is 0 Å². The van der Waals surface area contributed by atoms with Crippen molar-refractivity contribution in [2.75, 3.05) is 0 Å². The average Bonchev–Trinajstić information content (AvgIpc) is 3.11. The van der Waals surface area contributed by atoms with Gasteiger partial charge in [0.15, 0.2) is 5.82 Å². The van der Waals surface area contributed by atoms with Gasteiger partial charge in [-0.2, -0.15) is 4.68 Å². The molecule has 1 unspecified atom stereocenters. The molecule has 1 aliphatic rings. The Bertz CT molecular complexity index is 819. The van der Waals surface area contributed by atoms with Crippen LogP contribution in [0.15, 0.2) is 42.5 Å². The van der Waals surface area contributed by atoms with Gasteiger partial charge in [-0.05, 0) is 58.2 Å². The first-order valence-corrected chi connectivity index (χ1v) is 6.99. The number of nitrogens with zero attached hydrogens (tertiary/aromatic N) is 4. The molecule has 21 heavy (non-hydrogen) atoms. The lowest BCUT2D eigenvalue weighted by atomic mass is 10.1. The largest absolute Gasteiger partial charge is 0.321 e. The molecule has 0 radical (unpaired) electrons. The van der Waals surface area contributed by atoms with E-state index in [1.807, 2.05) is 13.0 Å². The van der Waals surface area contributed by atoms with Crippen LogP contribution in [0, 0.1) is 0 Å². The van der Waals surface area contributed by atoms with Gasteiger partial charge in [-0.25, -0.2) is 0 Å². The van der Waals surface area contributed by atoms with Crippen LogP contribution in [0.4, 0.5) is 0 Å². The summed E-state index contributed by atoms with van der Waals surface area (Å²) in [7, 11) is 0. The lowest BCUT2D eigenvalue weighted by Gasteiger charge is -2.08. The Hall–Kier alpha value is -2.53. The summed E-state index contributed by atoms with van der Waals surface area (Å²) >= 11 is 0. The Morgan fingerprint density at radius 2 is 1.90 bits per heavy atom. The van der Waals surface area contributed by atoms with E-state index in [-0.39, 0.29) is 6.04 Å². The second kappa shape index (κ2) is 4.49. The van der Waals surface area contributed by atoms with Crippen molar-refractivity contribution in [1.29, 1.82) is 0 Å². The third-order valence-electron chi connectivity index (χ3n) is 3.92. The monoisotopic (exact) mass is 277 g/mol. The quantitative estimate of drug-likeness (QED) is 0.610. The van der Waals surface area contributed by atoms with Crippen LogP contribution in [-0.2, 0) is 6.42 Å². The topological polar surface area (TPSA) is 69.6 Å². The Morgan fingerprint density at radius 3 is 2.76 bits per heavy atom. The summed E-state index contributed by atoms with van der Waals surface area (Å²) in [6, 6.07) is 14.7. The molecule has 5 nitrogen and oxygen atoms in total. The van der Waals surface area contributed by atoms with Crippen molar-refractivity contribution in [3.8, 4) is 16.8 Å². The molecule has 0 saturated heterocycles. The molecule has 0 fully saturated rings. The van der Waals surface area contributed by atoms with Gasteiger partial charge in [-0.15, -0.1) is 5.10 Å². The van der Waals surface area contributed by atoms with E-state index in [9.17, 15) is 0 Å². The van der Waals surface area contributed by atoms with E-state index in [1.165, 1.54) is 22.3 Å². The molecule has 3 aromatic rings. The third-order valence-corrected chi connectivity index (χ3v) is 3.92. The second-order valence-electron chi connectivity index (χ2n) is 5.41. The summed E-state index contributed by atoms with van der Waals surface area (Å²) in [4.78, 5) is 0. The number of tetrazole rings is 1. The van der Waals surface area contributed by atoms with Crippen LogP contribution in [-0.4, -0.2) is 20.2 Å². The van der Waals surface area contributed by atoms with Crippen LogP contribution in [0.25, 0.3) is 16.8 Å². The van der Waals surface area contributed by atoms with Gasteiger partial charge in [0.25, 0.3) is 0 Å². The first-order chi connectivity index (χ1) is 10.2. The summed E-state index contributed by atoms with van der Waals surface area (Å²) in [5.74, 6) is 0.672. The molecule has 0 spiro atoms. The third kappa shape index (κ3) is 1.86. The van der Waals surface area contributed by atoms with Gasteiger partial charge in [0.05, 0.1) is 11.7 Å². The van der Waals surface area contributed by atoms with E-state index in [2.05, 4.69) is 51.9 Å². The summed E-state index contributed by atoms with van der Waals surface area (Å²) in [5.41, 5.74) is 12.2. The fraction of sp³-hybridized carbons (Fsp3) is 0.188. The van der Waals surface area contributed by atoms with E-state index in [0.29, 0.717) is 5.82 Å². The summed E-state index contributed by atoms with van der Waals surface area (Å²) in [6.07, 6.45) is 0.953. The number of benzene rings is 2. The summed E-state index contributed by atoms with van der Waals surface area (Å²) in [6.45, 7) is 1.88. The minimum absolute atomic E-state index is 0.203. The molecule has 1 atom stereocenters. The zero-order valence-corrected chi connectivity index (χ0v) is 11.7. The van der Waals surface area contributed by atoms with Crippen molar-refractivity contribution in [3.63, 3.8) is 0 Å². The van der Waals surface area contributed by atoms with Crippen molar-refractivity contribution in [2.24, 2.45) is 5.73 Å². The number of nitrogens with two attached hydrogens (primary N) is 1. The summed E-state index contributed by atoms with van der Waals surface area (Å²) in [5, 5.41) is 11.8. The molecule has 2 aromatic carbocycles. The van der Waals surface area contributed by atoms with Crippen molar-refractivity contribution in [2.45, 2.75) is 19.4 Å². The smallest absolute Gasteiger partial charge is 0.173 e. The molecular weight excluding hydrogens is 262 g/mol. The summed E-state index contributed by atoms with van der Waals surface area (Å²) < 4.78 is 1.72. The molecular formula is C16H15N5. The normalized spacial score (nSPS) is 13.8. The van der Waals surface area contributed by atoms with Gasteiger partial charge in [0.1, 0.15) is 0 Å². The van der Waals surface area contributed by atoms with E-state index in [4.69, 9.17) is 5.73 Å². The van der Waals surface area contributed by atoms with Crippen molar-refractivity contribution < 1.29 is 0 Å². The van der Waals surface area contributed by atoms with E-state index < -0.39 is 0 Å². The van der Waals surface area contributed by atoms with Gasteiger partial charge >= 0.3 is 0 Å². The number of fused-ring (bicyclic) bond motifs is 3. The van der Waals surface area contributed by atoms with Crippen LogP contribution < -0.4 is 5.73 Å². The SMILES string of the molecule is CC(N)c1nnnn1-c1ccc2c(c1)Cc1ccccc1-2. The molecule has 0 amide bonds. The maximum absolute atomic E-state index is 5.91. The minimum atomic E-state index is -0.203. The molecule has 0 bridgehead atoms. The highest BCUT2D eigenvalue weighted by Crippen LogP contribution is 2.37. The highest BCUT2D eigenvalue weighted by molar-refractivity contribution is 5.77.